The van der Waals surface area contributed by atoms with Crippen LogP contribution in [0.3, 0.4) is 0 Å². The minimum atomic E-state index is -0.129. The van der Waals surface area contributed by atoms with Crippen molar-refractivity contribution in [3.05, 3.63) is 52.0 Å². The zero-order chi connectivity index (χ0) is 14.5. The maximum Gasteiger partial charge on any atom is 0.269 e. The predicted octanol–water partition coefficient (Wildman–Crippen LogP) is 2.48. The summed E-state index contributed by atoms with van der Waals surface area (Å²) in [5.74, 6) is -0.129. The maximum absolute atomic E-state index is 12.1. The van der Waals surface area contributed by atoms with Gasteiger partial charge in [-0.3, -0.25) is 4.79 Å². The van der Waals surface area contributed by atoms with Crippen LogP contribution in [-0.4, -0.2) is 36.4 Å². The van der Waals surface area contributed by atoms with Gasteiger partial charge in [-0.1, -0.05) is 6.07 Å². The average molecular weight is 289 g/mol. The Morgan fingerprint density at radius 1 is 1.40 bits per heavy atom. The van der Waals surface area contributed by atoms with Gasteiger partial charge in [-0.25, -0.2) is 4.98 Å². The van der Waals surface area contributed by atoms with Gasteiger partial charge in [0.2, 0.25) is 0 Å². The Kier molecular flexibility index (Phi) is 4.87. The van der Waals surface area contributed by atoms with E-state index >= 15 is 0 Å². The van der Waals surface area contributed by atoms with Gasteiger partial charge in [0.1, 0.15) is 5.69 Å². The standard InChI is InChI=1S/C15H19N3OS/c1-11-5-4-6-13(17-11)15(19)16-9-14(18(2)3)12-7-8-20-10-12/h4-8,10,14H,9H2,1-3H3,(H,16,19). The van der Waals surface area contributed by atoms with Crippen molar-refractivity contribution >= 4 is 17.2 Å². The Morgan fingerprint density at radius 2 is 2.20 bits per heavy atom. The Labute approximate surface area is 123 Å². The first-order chi connectivity index (χ1) is 9.58. The number of likely N-dealkylation sites (N-methyl/N-ethyl adjacent to an activating group) is 1. The fourth-order valence-corrected chi connectivity index (χ4v) is 2.72. The van der Waals surface area contributed by atoms with Gasteiger partial charge in [0.05, 0.1) is 6.04 Å². The molecular weight excluding hydrogens is 270 g/mol. The van der Waals surface area contributed by atoms with E-state index in [0.717, 1.165) is 5.69 Å². The summed E-state index contributed by atoms with van der Waals surface area (Å²) in [5, 5.41) is 7.12. The number of nitrogens with one attached hydrogen (secondary N) is 1. The quantitative estimate of drug-likeness (QED) is 0.920. The minimum absolute atomic E-state index is 0.129. The largest absolute Gasteiger partial charge is 0.349 e. The molecule has 0 fully saturated rings. The number of amides is 1. The van der Waals surface area contributed by atoms with E-state index in [9.17, 15) is 4.79 Å². The molecule has 1 unspecified atom stereocenters. The molecule has 0 aromatic carbocycles. The molecular formula is C15H19N3OS. The fraction of sp³-hybridized carbons (Fsp3) is 0.333. The monoisotopic (exact) mass is 289 g/mol. The number of rotatable bonds is 5. The highest BCUT2D eigenvalue weighted by atomic mass is 32.1. The Balaban J connectivity index is 2.01. The Bertz CT molecular complexity index is 566. The molecule has 0 aliphatic heterocycles. The van der Waals surface area contributed by atoms with Crippen LogP contribution in [0.2, 0.25) is 0 Å². The second kappa shape index (κ2) is 6.63. The van der Waals surface area contributed by atoms with Crippen molar-refractivity contribution in [1.82, 2.24) is 15.2 Å². The second-order valence-corrected chi connectivity index (χ2v) is 5.69. The van der Waals surface area contributed by atoms with Crippen LogP contribution >= 0.6 is 11.3 Å². The van der Waals surface area contributed by atoms with Crippen LogP contribution in [-0.2, 0) is 0 Å². The van der Waals surface area contributed by atoms with Crippen molar-refractivity contribution in [3.8, 4) is 0 Å². The number of nitrogens with zero attached hydrogens (tertiary/aromatic N) is 2. The Morgan fingerprint density at radius 3 is 2.80 bits per heavy atom. The number of hydrogen-bond donors (Lipinski definition) is 1. The van der Waals surface area contributed by atoms with Gasteiger partial charge < -0.3 is 10.2 Å². The van der Waals surface area contributed by atoms with E-state index in [4.69, 9.17) is 0 Å². The molecule has 0 saturated carbocycles. The van der Waals surface area contributed by atoms with Crippen LogP contribution < -0.4 is 5.32 Å². The molecule has 0 aliphatic rings. The molecule has 4 nitrogen and oxygen atoms in total. The number of hydrogen-bond acceptors (Lipinski definition) is 4. The van der Waals surface area contributed by atoms with Crippen molar-refractivity contribution in [1.29, 1.82) is 0 Å². The zero-order valence-electron chi connectivity index (χ0n) is 12.0. The molecule has 2 aromatic heterocycles. The highest BCUT2D eigenvalue weighted by Crippen LogP contribution is 2.20. The summed E-state index contributed by atoms with van der Waals surface area (Å²) in [5.41, 5.74) is 2.53. The number of pyridine rings is 1. The van der Waals surface area contributed by atoms with Crippen molar-refractivity contribution in [2.24, 2.45) is 0 Å². The van der Waals surface area contributed by atoms with Crippen LogP contribution in [0.4, 0.5) is 0 Å². The summed E-state index contributed by atoms with van der Waals surface area (Å²) in [6.07, 6.45) is 0. The molecule has 0 bridgehead atoms. The van der Waals surface area contributed by atoms with Gasteiger partial charge in [-0.2, -0.15) is 11.3 Å². The Hall–Kier alpha value is -1.72. The molecule has 0 aliphatic carbocycles. The molecule has 2 rings (SSSR count). The number of thiophene rings is 1. The molecule has 2 heterocycles. The molecule has 0 saturated heterocycles. The molecule has 0 radical (unpaired) electrons. The third kappa shape index (κ3) is 3.65. The molecule has 5 heteroatoms. The lowest BCUT2D eigenvalue weighted by atomic mass is 10.1. The first kappa shape index (κ1) is 14.7. The summed E-state index contributed by atoms with van der Waals surface area (Å²) < 4.78 is 0. The number of carbonyl (C=O) groups is 1. The number of aryl methyl sites for hydroxylation is 1. The van der Waals surface area contributed by atoms with E-state index in [2.05, 4.69) is 32.0 Å². The molecule has 1 atom stereocenters. The third-order valence-corrected chi connectivity index (χ3v) is 3.83. The van der Waals surface area contributed by atoms with E-state index in [1.54, 1.807) is 17.4 Å². The van der Waals surface area contributed by atoms with Gasteiger partial charge >= 0.3 is 0 Å². The van der Waals surface area contributed by atoms with Crippen LogP contribution in [0.1, 0.15) is 27.8 Å². The highest BCUT2D eigenvalue weighted by molar-refractivity contribution is 7.07. The minimum Gasteiger partial charge on any atom is -0.349 e. The van der Waals surface area contributed by atoms with Crippen LogP contribution in [0.5, 0.6) is 0 Å². The first-order valence-corrected chi connectivity index (χ1v) is 7.42. The number of carbonyl (C=O) groups excluding carboxylic acids is 1. The summed E-state index contributed by atoms with van der Waals surface area (Å²) >= 11 is 1.67. The smallest absolute Gasteiger partial charge is 0.269 e. The van der Waals surface area contributed by atoms with Gasteiger partial charge in [0.25, 0.3) is 5.91 Å². The highest BCUT2D eigenvalue weighted by Gasteiger charge is 2.16. The van der Waals surface area contributed by atoms with Crippen molar-refractivity contribution in [2.75, 3.05) is 20.6 Å². The predicted molar refractivity (Wildman–Crippen MR) is 82.1 cm³/mol. The topological polar surface area (TPSA) is 45.2 Å². The lowest BCUT2D eigenvalue weighted by Gasteiger charge is -2.23. The van der Waals surface area contributed by atoms with Crippen LogP contribution in [0, 0.1) is 6.92 Å². The van der Waals surface area contributed by atoms with E-state index in [1.165, 1.54) is 5.56 Å². The van der Waals surface area contributed by atoms with Crippen molar-refractivity contribution in [2.45, 2.75) is 13.0 Å². The van der Waals surface area contributed by atoms with Gasteiger partial charge in [-0.15, -0.1) is 0 Å². The summed E-state index contributed by atoms with van der Waals surface area (Å²) in [6, 6.07) is 7.73. The molecule has 0 spiro atoms. The molecule has 20 heavy (non-hydrogen) atoms. The zero-order valence-corrected chi connectivity index (χ0v) is 12.8. The third-order valence-electron chi connectivity index (χ3n) is 3.13. The second-order valence-electron chi connectivity index (χ2n) is 4.91. The lowest BCUT2D eigenvalue weighted by molar-refractivity contribution is 0.0937. The van der Waals surface area contributed by atoms with Crippen LogP contribution in [0.25, 0.3) is 0 Å². The molecule has 2 aromatic rings. The molecule has 1 amide bonds. The average Bonchev–Trinajstić information content (AvgIpc) is 2.92. The summed E-state index contributed by atoms with van der Waals surface area (Å²) in [7, 11) is 4.03. The SMILES string of the molecule is Cc1cccc(C(=O)NCC(c2ccsc2)N(C)C)n1. The van der Waals surface area contributed by atoms with E-state index in [-0.39, 0.29) is 11.9 Å². The van der Waals surface area contributed by atoms with Gasteiger partial charge in [0.15, 0.2) is 0 Å². The van der Waals surface area contributed by atoms with E-state index in [0.29, 0.717) is 12.2 Å². The van der Waals surface area contributed by atoms with Crippen molar-refractivity contribution in [3.63, 3.8) is 0 Å². The normalized spacial score (nSPS) is 12.4. The van der Waals surface area contributed by atoms with E-state index < -0.39 is 0 Å². The molecule has 1 N–H and O–H groups in total. The van der Waals surface area contributed by atoms with Crippen molar-refractivity contribution < 1.29 is 4.79 Å². The maximum atomic E-state index is 12.1. The molecule has 106 valence electrons. The van der Waals surface area contributed by atoms with Crippen LogP contribution in [0.15, 0.2) is 35.0 Å². The summed E-state index contributed by atoms with van der Waals surface area (Å²) in [4.78, 5) is 18.4. The summed E-state index contributed by atoms with van der Waals surface area (Å²) in [6.45, 7) is 2.45. The fourth-order valence-electron chi connectivity index (χ4n) is 2.01. The van der Waals surface area contributed by atoms with E-state index in [1.807, 2.05) is 33.2 Å². The van der Waals surface area contributed by atoms with Gasteiger partial charge in [-0.05, 0) is 55.5 Å². The lowest BCUT2D eigenvalue weighted by Crippen LogP contribution is -2.34. The first-order valence-electron chi connectivity index (χ1n) is 6.48. The van der Waals surface area contributed by atoms with Gasteiger partial charge in [0, 0.05) is 12.2 Å². The number of aromatic nitrogens is 1.